The van der Waals surface area contributed by atoms with Crippen molar-refractivity contribution in [2.75, 3.05) is 13.1 Å². The van der Waals surface area contributed by atoms with E-state index < -0.39 is 11.9 Å². The Labute approximate surface area is 131 Å². The van der Waals surface area contributed by atoms with Crippen molar-refractivity contribution in [3.63, 3.8) is 0 Å². The number of amides is 1. The van der Waals surface area contributed by atoms with Crippen molar-refractivity contribution in [2.45, 2.75) is 46.6 Å². The van der Waals surface area contributed by atoms with Gasteiger partial charge in [0, 0.05) is 25.2 Å². The van der Waals surface area contributed by atoms with Crippen molar-refractivity contribution >= 4 is 11.9 Å². The van der Waals surface area contributed by atoms with Gasteiger partial charge in [-0.2, -0.15) is 5.10 Å². The Morgan fingerprint density at radius 3 is 2.64 bits per heavy atom. The number of carbonyl (C=O) groups is 2. The van der Waals surface area contributed by atoms with E-state index in [1.54, 1.807) is 4.90 Å². The summed E-state index contributed by atoms with van der Waals surface area (Å²) in [6.45, 7) is 8.85. The lowest BCUT2D eigenvalue weighted by atomic mass is 9.90. The maximum Gasteiger partial charge on any atom is 0.308 e. The SMILES string of the molecule is Cc1cc(C)n(C(C)CC(=O)N2CC(C)CC(C(=O)O)C2)n1. The zero-order chi connectivity index (χ0) is 16.4. The topological polar surface area (TPSA) is 75.4 Å². The third-order valence-electron chi connectivity index (χ3n) is 4.29. The predicted octanol–water partition coefficient (Wildman–Crippen LogP) is 2.02. The minimum absolute atomic E-state index is 0.0119. The standard InChI is InChI=1S/C16H25N3O3/c1-10-5-14(16(21)22)9-18(8-10)15(20)7-13(4)19-12(3)6-11(2)17-19/h6,10,13-14H,5,7-9H2,1-4H3,(H,21,22). The first kappa shape index (κ1) is 16.5. The highest BCUT2D eigenvalue weighted by molar-refractivity contribution is 5.78. The number of carbonyl (C=O) groups excluding carboxylic acids is 1. The summed E-state index contributed by atoms with van der Waals surface area (Å²) in [6.07, 6.45) is 0.993. The van der Waals surface area contributed by atoms with Crippen LogP contribution in [-0.2, 0) is 9.59 Å². The largest absolute Gasteiger partial charge is 0.481 e. The molecule has 1 saturated heterocycles. The van der Waals surface area contributed by atoms with E-state index in [1.165, 1.54) is 0 Å². The molecular formula is C16H25N3O3. The normalized spacial score (nSPS) is 23.4. The molecule has 3 unspecified atom stereocenters. The second kappa shape index (κ2) is 6.50. The lowest BCUT2D eigenvalue weighted by Gasteiger charge is -2.35. The van der Waals surface area contributed by atoms with Crippen molar-refractivity contribution in [1.29, 1.82) is 0 Å². The maximum atomic E-state index is 12.5. The third kappa shape index (κ3) is 3.67. The van der Waals surface area contributed by atoms with E-state index in [-0.39, 0.29) is 17.9 Å². The number of carboxylic acids is 1. The number of aliphatic carboxylic acids is 1. The number of hydrogen-bond acceptors (Lipinski definition) is 3. The first-order valence-corrected chi connectivity index (χ1v) is 7.81. The summed E-state index contributed by atoms with van der Waals surface area (Å²) in [5.74, 6) is -1.02. The van der Waals surface area contributed by atoms with Gasteiger partial charge in [-0.3, -0.25) is 14.3 Å². The van der Waals surface area contributed by atoms with E-state index in [0.717, 1.165) is 11.4 Å². The average molecular weight is 307 g/mol. The van der Waals surface area contributed by atoms with Crippen LogP contribution in [0.2, 0.25) is 0 Å². The first-order valence-electron chi connectivity index (χ1n) is 7.81. The third-order valence-corrected chi connectivity index (χ3v) is 4.29. The number of hydrogen-bond donors (Lipinski definition) is 1. The number of carboxylic acid groups (broad SMARTS) is 1. The minimum atomic E-state index is -0.809. The molecule has 22 heavy (non-hydrogen) atoms. The van der Waals surface area contributed by atoms with Crippen LogP contribution >= 0.6 is 0 Å². The van der Waals surface area contributed by atoms with Gasteiger partial charge in [-0.1, -0.05) is 6.92 Å². The molecule has 0 aliphatic carbocycles. The fraction of sp³-hybridized carbons (Fsp3) is 0.688. The summed E-state index contributed by atoms with van der Waals surface area (Å²) >= 11 is 0. The van der Waals surface area contributed by atoms with Gasteiger partial charge in [0.15, 0.2) is 0 Å². The van der Waals surface area contributed by atoms with Crippen molar-refractivity contribution in [3.05, 3.63) is 17.5 Å². The van der Waals surface area contributed by atoms with Gasteiger partial charge in [-0.25, -0.2) is 0 Å². The smallest absolute Gasteiger partial charge is 0.308 e. The van der Waals surface area contributed by atoms with E-state index in [2.05, 4.69) is 5.10 Å². The average Bonchev–Trinajstić information content (AvgIpc) is 2.77. The van der Waals surface area contributed by atoms with Gasteiger partial charge in [0.1, 0.15) is 0 Å². The predicted molar refractivity (Wildman–Crippen MR) is 82.5 cm³/mol. The van der Waals surface area contributed by atoms with Crippen LogP contribution in [-0.4, -0.2) is 44.8 Å². The Morgan fingerprint density at radius 1 is 1.41 bits per heavy atom. The minimum Gasteiger partial charge on any atom is -0.481 e. The maximum absolute atomic E-state index is 12.5. The molecule has 1 amide bonds. The molecule has 1 aliphatic rings. The van der Waals surface area contributed by atoms with E-state index in [9.17, 15) is 14.7 Å². The molecular weight excluding hydrogens is 282 g/mol. The Bertz CT molecular complexity index is 567. The Balaban J connectivity index is 2.02. The van der Waals surface area contributed by atoms with E-state index in [4.69, 9.17) is 0 Å². The number of likely N-dealkylation sites (tertiary alicyclic amines) is 1. The molecule has 2 rings (SSSR count). The van der Waals surface area contributed by atoms with Gasteiger partial charge in [0.2, 0.25) is 5.91 Å². The summed E-state index contributed by atoms with van der Waals surface area (Å²) in [4.78, 5) is 25.4. The Hall–Kier alpha value is -1.85. The number of nitrogens with zero attached hydrogens (tertiary/aromatic N) is 3. The van der Waals surface area contributed by atoms with Gasteiger partial charge in [-0.15, -0.1) is 0 Å². The first-order chi connectivity index (χ1) is 10.3. The van der Waals surface area contributed by atoms with E-state index >= 15 is 0 Å². The number of piperidine rings is 1. The molecule has 122 valence electrons. The summed E-state index contributed by atoms with van der Waals surface area (Å²) in [5, 5.41) is 13.6. The highest BCUT2D eigenvalue weighted by Gasteiger charge is 2.32. The lowest BCUT2D eigenvalue weighted by molar-refractivity contribution is -0.147. The molecule has 0 radical (unpaired) electrons. The molecule has 0 bridgehead atoms. The molecule has 6 nitrogen and oxygen atoms in total. The quantitative estimate of drug-likeness (QED) is 0.923. The van der Waals surface area contributed by atoms with Gasteiger partial charge in [-0.05, 0) is 39.2 Å². The van der Waals surface area contributed by atoms with Gasteiger partial charge in [0.25, 0.3) is 0 Å². The second-order valence-corrected chi connectivity index (χ2v) is 6.60. The van der Waals surface area contributed by atoms with Crippen LogP contribution in [0.4, 0.5) is 0 Å². The van der Waals surface area contributed by atoms with Gasteiger partial charge < -0.3 is 10.0 Å². The molecule has 0 saturated carbocycles. The molecule has 1 fully saturated rings. The van der Waals surface area contributed by atoms with E-state index in [1.807, 2.05) is 38.4 Å². The fourth-order valence-corrected chi connectivity index (χ4v) is 3.29. The zero-order valence-corrected chi connectivity index (χ0v) is 13.7. The van der Waals surface area contributed by atoms with Crippen molar-refractivity contribution in [2.24, 2.45) is 11.8 Å². The molecule has 1 aromatic rings. The Morgan fingerprint density at radius 2 is 2.09 bits per heavy atom. The highest BCUT2D eigenvalue weighted by Crippen LogP contribution is 2.24. The molecule has 2 heterocycles. The summed E-state index contributed by atoms with van der Waals surface area (Å²) in [5.41, 5.74) is 1.97. The van der Waals surface area contributed by atoms with Crippen LogP contribution < -0.4 is 0 Å². The fourth-order valence-electron chi connectivity index (χ4n) is 3.29. The molecule has 0 aromatic carbocycles. The van der Waals surface area contributed by atoms with Crippen molar-refractivity contribution in [1.82, 2.24) is 14.7 Å². The second-order valence-electron chi connectivity index (χ2n) is 6.60. The molecule has 1 aliphatic heterocycles. The number of rotatable bonds is 4. The van der Waals surface area contributed by atoms with Crippen LogP contribution in [0.1, 0.15) is 44.1 Å². The molecule has 3 atom stereocenters. The molecule has 1 N–H and O–H groups in total. The Kier molecular flexibility index (Phi) is 4.88. The van der Waals surface area contributed by atoms with Crippen LogP contribution in [0.3, 0.4) is 0 Å². The van der Waals surface area contributed by atoms with Gasteiger partial charge >= 0.3 is 5.97 Å². The summed E-state index contributed by atoms with van der Waals surface area (Å²) in [7, 11) is 0. The van der Waals surface area contributed by atoms with Crippen molar-refractivity contribution < 1.29 is 14.7 Å². The zero-order valence-electron chi connectivity index (χ0n) is 13.7. The van der Waals surface area contributed by atoms with Crippen LogP contribution in [0.15, 0.2) is 6.07 Å². The van der Waals surface area contributed by atoms with Crippen LogP contribution in [0.25, 0.3) is 0 Å². The highest BCUT2D eigenvalue weighted by atomic mass is 16.4. The van der Waals surface area contributed by atoms with E-state index in [0.29, 0.717) is 25.9 Å². The van der Waals surface area contributed by atoms with Crippen molar-refractivity contribution in [3.8, 4) is 0 Å². The van der Waals surface area contributed by atoms with Crippen LogP contribution in [0, 0.1) is 25.7 Å². The molecule has 6 heteroatoms. The van der Waals surface area contributed by atoms with Crippen LogP contribution in [0.5, 0.6) is 0 Å². The monoisotopic (exact) mass is 307 g/mol. The summed E-state index contributed by atoms with van der Waals surface area (Å²) < 4.78 is 1.87. The molecule has 1 aromatic heterocycles. The number of aryl methyl sites for hydroxylation is 2. The lowest BCUT2D eigenvalue weighted by Crippen LogP contribution is -2.46. The summed E-state index contributed by atoms with van der Waals surface area (Å²) in [6, 6.07) is 1.96. The van der Waals surface area contributed by atoms with Gasteiger partial charge in [0.05, 0.1) is 17.7 Å². The number of aromatic nitrogens is 2. The molecule has 0 spiro atoms.